The van der Waals surface area contributed by atoms with E-state index in [9.17, 15) is 22.8 Å². The van der Waals surface area contributed by atoms with Crippen LogP contribution in [0.25, 0.3) is 33.7 Å². The van der Waals surface area contributed by atoms with Gasteiger partial charge in [-0.15, -0.1) is 0 Å². The van der Waals surface area contributed by atoms with Crippen molar-refractivity contribution in [2.45, 2.75) is 32.4 Å². The van der Waals surface area contributed by atoms with Crippen molar-refractivity contribution in [3.05, 3.63) is 59.0 Å². The maximum absolute atomic E-state index is 14.3. The monoisotopic (exact) mass is 464 g/mol. The van der Waals surface area contributed by atoms with E-state index in [2.05, 4.69) is 21.1 Å². The average molecular weight is 464 g/mol. The standard InChI is InChI=1S/C23H19F4N5.Na/c1-22(2,3)20-14(11-28)19(32(4)31-20)21-29-17-10-12(13-7-5-6-8-16(13)24)9-15(18(17)30-21)23(25,26)27;/h5-10H,1-4H3,(H,29,30);. The third-order valence-corrected chi connectivity index (χ3v) is 5.17. The second-order valence-corrected chi connectivity index (χ2v) is 8.54. The number of nitrogens with one attached hydrogen (secondary N) is 1. The summed E-state index contributed by atoms with van der Waals surface area (Å²) in [6.45, 7) is 5.67. The first-order chi connectivity index (χ1) is 14.9. The summed E-state index contributed by atoms with van der Waals surface area (Å²) in [4.78, 5) is 7.08. The summed E-state index contributed by atoms with van der Waals surface area (Å²) in [7, 11) is 1.61. The number of nitriles is 1. The van der Waals surface area contributed by atoms with Crippen LogP contribution >= 0.6 is 0 Å². The quantitative estimate of drug-likeness (QED) is 0.311. The molecular formula is C23H19F4N5Na. The maximum Gasteiger partial charge on any atom is 0.418 e. The Morgan fingerprint density at radius 2 is 1.76 bits per heavy atom. The normalized spacial score (nSPS) is 12.0. The fourth-order valence-electron chi connectivity index (χ4n) is 3.72. The van der Waals surface area contributed by atoms with E-state index in [1.54, 1.807) is 13.1 Å². The predicted octanol–water partition coefficient (Wildman–Crippen LogP) is 5.58. The van der Waals surface area contributed by atoms with Crippen LogP contribution in [0.1, 0.15) is 37.6 Å². The Morgan fingerprint density at radius 3 is 2.33 bits per heavy atom. The van der Waals surface area contributed by atoms with Crippen LogP contribution in [0.5, 0.6) is 0 Å². The minimum absolute atomic E-state index is 0. The average Bonchev–Trinajstić information content (AvgIpc) is 3.26. The second kappa shape index (κ2) is 8.60. The van der Waals surface area contributed by atoms with Gasteiger partial charge in [-0.2, -0.15) is 23.5 Å². The predicted molar refractivity (Wildman–Crippen MR) is 118 cm³/mol. The van der Waals surface area contributed by atoms with Crippen LogP contribution in [-0.4, -0.2) is 49.3 Å². The first-order valence-corrected chi connectivity index (χ1v) is 9.75. The fourth-order valence-corrected chi connectivity index (χ4v) is 3.72. The Balaban J connectivity index is 0.00000306. The van der Waals surface area contributed by atoms with Gasteiger partial charge in [-0.25, -0.2) is 9.37 Å². The van der Waals surface area contributed by atoms with Gasteiger partial charge in [-0.05, 0) is 23.8 Å². The minimum atomic E-state index is -4.72. The van der Waals surface area contributed by atoms with Crippen LogP contribution in [0, 0.1) is 17.1 Å². The topological polar surface area (TPSA) is 70.3 Å². The van der Waals surface area contributed by atoms with Crippen molar-refractivity contribution in [1.82, 2.24) is 19.7 Å². The van der Waals surface area contributed by atoms with Gasteiger partial charge < -0.3 is 4.98 Å². The summed E-state index contributed by atoms with van der Waals surface area (Å²) < 4.78 is 57.4. The number of hydrogen-bond acceptors (Lipinski definition) is 3. The molecule has 2 aromatic carbocycles. The molecule has 0 atom stereocenters. The van der Waals surface area contributed by atoms with Crippen molar-refractivity contribution in [2.75, 3.05) is 0 Å². The molecule has 4 rings (SSSR count). The molecule has 0 aliphatic carbocycles. The van der Waals surface area contributed by atoms with Gasteiger partial charge in [0.05, 0.1) is 16.8 Å². The number of benzene rings is 2. The molecule has 0 amide bonds. The summed E-state index contributed by atoms with van der Waals surface area (Å²) >= 11 is 0. The van der Waals surface area contributed by atoms with Crippen LogP contribution in [0.4, 0.5) is 17.6 Å². The van der Waals surface area contributed by atoms with Crippen LogP contribution in [0.15, 0.2) is 36.4 Å². The molecule has 2 heterocycles. The van der Waals surface area contributed by atoms with Gasteiger partial charge in [-0.3, -0.25) is 4.68 Å². The Bertz CT molecular complexity index is 1390. The van der Waals surface area contributed by atoms with Gasteiger partial charge in [0.25, 0.3) is 0 Å². The zero-order chi connectivity index (χ0) is 23.4. The molecule has 33 heavy (non-hydrogen) atoms. The van der Waals surface area contributed by atoms with E-state index in [4.69, 9.17) is 0 Å². The molecule has 0 bridgehead atoms. The number of fused-ring (bicyclic) bond motifs is 1. The molecule has 4 aromatic rings. The van der Waals surface area contributed by atoms with Crippen LogP contribution in [-0.2, 0) is 18.6 Å². The van der Waals surface area contributed by atoms with E-state index in [1.807, 2.05) is 20.8 Å². The van der Waals surface area contributed by atoms with E-state index < -0.39 is 23.0 Å². The Labute approximate surface area is 209 Å². The number of aromatic amines is 1. The minimum Gasteiger partial charge on any atom is -0.337 e. The molecule has 0 saturated heterocycles. The smallest absolute Gasteiger partial charge is 0.337 e. The van der Waals surface area contributed by atoms with E-state index in [0.717, 1.165) is 6.07 Å². The zero-order valence-corrected chi connectivity index (χ0v) is 20.8. The third kappa shape index (κ3) is 4.43. The second-order valence-electron chi connectivity index (χ2n) is 8.54. The Morgan fingerprint density at radius 1 is 1.09 bits per heavy atom. The number of hydrogen-bond donors (Lipinski definition) is 1. The molecule has 0 aliphatic heterocycles. The van der Waals surface area contributed by atoms with E-state index >= 15 is 0 Å². The third-order valence-electron chi connectivity index (χ3n) is 5.17. The molecule has 10 heteroatoms. The molecule has 0 fully saturated rings. The molecule has 2 aromatic heterocycles. The number of imidazole rings is 1. The molecule has 1 N–H and O–H groups in total. The molecule has 0 spiro atoms. The molecule has 0 saturated carbocycles. The van der Waals surface area contributed by atoms with Crippen molar-refractivity contribution in [3.63, 3.8) is 0 Å². The van der Waals surface area contributed by atoms with Gasteiger partial charge in [0.1, 0.15) is 28.7 Å². The first-order valence-electron chi connectivity index (χ1n) is 9.75. The van der Waals surface area contributed by atoms with E-state index in [1.165, 1.54) is 28.9 Å². The molecular weight excluding hydrogens is 445 g/mol. The molecule has 1 radical (unpaired) electrons. The molecule has 5 nitrogen and oxygen atoms in total. The summed E-state index contributed by atoms with van der Waals surface area (Å²) in [6.07, 6.45) is -4.72. The van der Waals surface area contributed by atoms with Crippen molar-refractivity contribution in [2.24, 2.45) is 7.05 Å². The number of nitrogens with zero attached hydrogens (tertiary/aromatic N) is 4. The summed E-state index contributed by atoms with van der Waals surface area (Å²) in [5.41, 5.74) is -0.527. The number of rotatable bonds is 2. The van der Waals surface area contributed by atoms with Gasteiger partial charge in [0.15, 0.2) is 5.82 Å². The van der Waals surface area contributed by atoms with Gasteiger partial charge in [0.2, 0.25) is 0 Å². The van der Waals surface area contributed by atoms with Crippen LogP contribution in [0.2, 0.25) is 0 Å². The van der Waals surface area contributed by atoms with Gasteiger partial charge >= 0.3 is 6.18 Å². The Kier molecular flexibility index (Phi) is 6.50. The number of aryl methyl sites for hydroxylation is 1. The SMILES string of the molecule is Cn1nc(C(C)(C)C)c(C#N)c1-c1nc2c(C(F)(F)F)cc(-c3ccccc3F)cc2[nH]1.[Na]. The number of aromatic nitrogens is 4. The van der Waals surface area contributed by atoms with Gasteiger partial charge in [0, 0.05) is 47.6 Å². The number of H-pyrrole nitrogens is 1. The maximum atomic E-state index is 14.3. The van der Waals surface area contributed by atoms with Crippen LogP contribution < -0.4 is 0 Å². The summed E-state index contributed by atoms with van der Waals surface area (Å²) in [5, 5.41) is 14.2. The van der Waals surface area contributed by atoms with Crippen molar-refractivity contribution in [3.8, 4) is 28.7 Å². The molecule has 0 aliphatic rings. The zero-order valence-electron chi connectivity index (χ0n) is 18.8. The van der Waals surface area contributed by atoms with Crippen molar-refractivity contribution >= 4 is 40.6 Å². The summed E-state index contributed by atoms with van der Waals surface area (Å²) in [5.74, 6) is -0.550. The molecule has 165 valence electrons. The summed E-state index contributed by atoms with van der Waals surface area (Å²) in [6, 6.07) is 10.0. The fraction of sp³-hybridized carbons (Fsp3) is 0.261. The number of halogens is 4. The van der Waals surface area contributed by atoms with E-state index in [-0.39, 0.29) is 68.8 Å². The van der Waals surface area contributed by atoms with E-state index in [0.29, 0.717) is 5.69 Å². The van der Waals surface area contributed by atoms with Gasteiger partial charge in [-0.1, -0.05) is 39.0 Å². The first kappa shape index (κ1) is 25.0. The molecule has 0 unspecified atom stereocenters. The Hall–Kier alpha value is -2.67. The van der Waals surface area contributed by atoms with Crippen molar-refractivity contribution in [1.29, 1.82) is 5.26 Å². The van der Waals surface area contributed by atoms with Crippen LogP contribution in [0.3, 0.4) is 0 Å². The largest absolute Gasteiger partial charge is 0.418 e. The van der Waals surface area contributed by atoms with Crippen molar-refractivity contribution < 1.29 is 17.6 Å². The number of alkyl halides is 3.